The topological polar surface area (TPSA) is 57.6 Å². The van der Waals surface area contributed by atoms with Crippen molar-refractivity contribution in [1.29, 1.82) is 0 Å². The van der Waals surface area contributed by atoms with Gasteiger partial charge in [0.2, 0.25) is 10.0 Å². The fourth-order valence-electron chi connectivity index (χ4n) is 2.53. The lowest BCUT2D eigenvalue weighted by molar-refractivity contribution is 0.145. The number of sulfonamides is 1. The van der Waals surface area contributed by atoms with Crippen molar-refractivity contribution in [2.24, 2.45) is 0 Å². The van der Waals surface area contributed by atoms with Crippen LogP contribution in [0.4, 0.5) is 0 Å². The van der Waals surface area contributed by atoms with Gasteiger partial charge in [0.1, 0.15) is 0 Å². The van der Waals surface area contributed by atoms with Gasteiger partial charge < -0.3 is 5.11 Å². The van der Waals surface area contributed by atoms with Crippen LogP contribution in [0.3, 0.4) is 0 Å². The van der Waals surface area contributed by atoms with E-state index in [0.29, 0.717) is 15.1 Å². The number of aliphatic hydroxyl groups excluding tert-OH is 1. The van der Waals surface area contributed by atoms with Crippen LogP contribution < -0.4 is 0 Å². The Balaban J connectivity index is 1.88. The van der Waals surface area contributed by atoms with Crippen LogP contribution in [-0.4, -0.2) is 30.4 Å². The van der Waals surface area contributed by atoms with Crippen molar-refractivity contribution < 1.29 is 13.5 Å². The SMILES string of the molecule is O=S(=O)(c1ccc(Br)c(Cl)c1)N(C[C@@H](O)c1ccccc1)C1CC1. The van der Waals surface area contributed by atoms with E-state index in [4.69, 9.17) is 11.6 Å². The third-order valence-electron chi connectivity index (χ3n) is 3.99. The molecule has 3 rings (SSSR count). The highest BCUT2D eigenvalue weighted by Crippen LogP contribution is 2.35. The number of halogens is 2. The normalized spacial score (nSPS) is 16.3. The Morgan fingerprint density at radius 1 is 1.21 bits per heavy atom. The zero-order valence-electron chi connectivity index (χ0n) is 12.8. The summed E-state index contributed by atoms with van der Waals surface area (Å²) >= 11 is 9.31. The van der Waals surface area contributed by atoms with E-state index < -0.39 is 16.1 Å². The zero-order chi connectivity index (χ0) is 17.3. The van der Waals surface area contributed by atoms with Crippen LogP contribution in [0.25, 0.3) is 0 Å². The molecule has 0 aromatic heterocycles. The smallest absolute Gasteiger partial charge is 0.243 e. The fraction of sp³-hybridized carbons (Fsp3) is 0.294. The highest BCUT2D eigenvalue weighted by atomic mass is 79.9. The van der Waals surface area contributed by atoms with E-state index in [1.54, 1.807) is 18.2 Å². The molecule has 2 aromatic carbocycles. The second-order valence-corrected chi connectivity index (χ2v) is 8.96. The van der Waals surface area contributed by atoms with Gasteiger partial charge in [-0.3, -0.25) is 0 Å². The third-order valence-corrected chi connectivity index (χ3v) is 7.14. The van der Waals surface area contributed by atoms with Gasteiger partial charge in [-0.1, -0.05) is 41.9 Å². The first kappa shape index (κ1) is 17.9. The van der Waals surface area contributed by atoms with E-state index >= 15 is 0 Å². The monoisotopic (exact) mass is 429 g/mol. The van der Waals surface area contributed by atoms with E-state index in [0.717, 1.165) is 12.8 Å². The van der Waals surface area contributed by atoms with Crippen molar-refractivity contribution in [3.63, 3.8) is 0 Å². The van der Waals surface area contributed by atoms with Crippen LogP contribution in [0.2, 0.25) is 5.02 Å². The Bertz CT molecular complexity index is 825. The molecule has 1 aliphatic carbocycles. The van der Waals surface area contributed by atoms with Gasteiger partial charge in [-0.25, -0.2) is 8.42 Å². The van der Waals surface area contributed by atoms with Crippen LogP contribution >= 0.6 is 27.5 Å². The standard InChI is InChI=1S/C17H17BrClNO3S/c18-15-9-8-14(10-16(15)19)24(22,23)20(13-6-7-13)11-17(21)12-4-2-1-3-5-12/h1-5,8-10,13,17,21H,6-7,11H2/t17-/m1/s1. The van der Waals surface area contributed by atoms with Crippen molar-refractivity contribution >= 4 is 37.6 Å². The Morgan fingerprint density at radius 3 is 2.46 bits per heavy atom. The second-order valence-electron chi connectivity index (χ2n) is 5.81. The molecule has 0 amide bonds. The predicted octanol–water partition coefficient (Wildman–Crippen LogP) is 3.99. The average molecular weight is 431 g/mol. The molecule has 0 spiro atoms. The van der Waals surface area contributed by atoms with Gasteiger partial charge in [0.15, 0.2) is 0 Å². The molecule has 0 saturated heterocycles. The highest BCUT2D eigenvalue weighted by Gasteiger charge is 2.39. The van der Waals surface area contributed by atoms with Crippen molar-refractivity contribution in [2.75, 3.05) is 6.54 Å². The van der Waals surface area contributed by atoms with Crippen LogP contribution in [0.5, 0.6) is 0 Å². The van der Waals surface area contributed by atoms with E-state index in [-0.39, 0.29) is 17.5 Å². The summed E-state index contributed by atoms with van der Waals surface area (Å²) in [4.78, 5) is 0.142. The molecule has 1 aliphatic rings. The molecule has 0 radical (unpaired) electrons. The molecule has 0 heterocycles. The Labute approximate surface area is 155 Å². The minimum absolute atomic E-state index is 0.0324. The predicted molar refractivity (Wildman–Crippen MR) is 97.5 cm³/mol. The van der Waals surface area contributed by atoms with Crippen LogP contribution in [0, 0.1) is 0 Å². The molecule has 1 atom stereocenters. The molecule has 1 fully saturated rings. The molecular weight excluding hydrogens is 414 g/mol. The van der Waals surface area contributed by atoms with Gasteiger partial charge in [0, 0.05) is 17.1 Å². The van der Waals surface area contributed by atoms with Crippen molar-refractivity contribution in [2.45, 2.75) is 29.9 Å². The molecule has 0 unspecified atom stereocenters. The van der Waals surface area contributed by atoms with Crippen molar-refractivity contribution in [3.05, 3.63) is 63.6 Å². The number of hydrogen-bond acceptors (Lipinski definition) is 3. The lowest BCUT2D eigenvalue weighted by Crippen LogP contribution is -2.36. The van der Waals surface area contributed by atoms with Gasteiger partial charge >= 0.3 is 0 Å². The van der Waals surface area contributed by atoms with Gasteiger partial charge in [-0.15, -0.1) is 0 Å². The third kappa shape index (κ3) is 3.83. The molecule has 0 bridgehead atoms. The first-order valence-electron chi connectivity index (χ1n) is 7.59. The maximum Gasteiger partial charge on any atom is 0.243 e. The van der Waals surface area contributed by atoms with E-state index in [1.165, 1.54) is 16.4 Å². The van der Waals surface area contributed by atoms with Gasteiger partial charge in [-0.05, 0) is 52.5 Å². The van der Waals surface area contributed by atoms with Crippen LogP contribution in [-0.2, 0) is 10.0 Å². The van der Waals surface area contributed by atoms with Gasteiger partial charge in [0.25, 0.3) is 0 Å². The summed E-state index contributed by atoms with van der Waals surface area (Å²) in [5, 5.41) is 10.8. The number of benzene rings is 2. The Hall–Kier alpha value is -0.920. The second kappa shape index (κ2) is 7.14. The largest absolute Gasteiger partial charge is 0.387 e. The van der Waals surface area contributed by atoms with Gasteiger partial charge in [-0.2, -0.15) is 4.31 Å². The van der Waals surface area contributed by atoms with Gasteiger partial charge in [0.05, 0.1) is 16.0 Å². The minimum atomic E-state index is -3.71. The van der Waals surface area contributed by atoms with Crippen molar-refractivity contribution in [1.82, 2.24) is 4.31 Å². The summed E-state index contributed by atoms with van der Waals surface area (Å²) in [5.74, 6) is 0. The Kier molecular flexibility index (Phi) is 5.32. The first-order valence-corrected chi connectivity index (χ1v) is 10.2. The number of aliphatic hydroxyl groups is 1. The molecule has 7 heteroatoms. The molecule has 2 aromatic rings. The molecular formula is C17H17BrClNO3S. The van der Waals surface area contributed by atoms with Crippen molar-refractivity contribution in [3.8, 4) is 0 Å². The molecule has 4 nitrogen and oxygen atoms in total. The summed E-state index contributed by atoms with van der Waals surface area (Å²) < 4.78 is 28.0. The Morgan fingerprint density at radius 2 is 1.88 bits per heavy atom. The minimum Gasteiger partial charge on any atom is -0.387 e. The lowest BCUT2D eigenvalue weighted by Gasteiger charge is -2.25. The van der Waals surface area contributed by atoms with E-state index in [9.17, 15) is 13.5 Å². The number of rotatable bonds is 6. The summed E-state index contributed by atoms with van der Waals surface area (Å²) in [6.45, 7) is 0.0324. The number of nitrogens with zero attached hydrogens (tertiary/aromatic N) is 1. The van der Waals surface area contributed by atoms with E-state index in [1.807, 2.05) is 18.2 Å². The average Bonchev–Trinajstić information content (AvgIpc) is 3.40. The molecule has 128 valence electrons. The molecule has 1 saturated carbocycles. The maximum atomic E-state index is 13.0. The molecule has 1 N–H and O–H groups in total. The first-order chi connectivity index (χ1) is 11.4. The quantitative estimate of drug-likeness (QED) is 0.754. The van der Waals surface area contributed by atoms with Crippen LogP contribution in [0.15, 0.2) is 57.9 Å². The lowest BCUT2D eigenvalue weighted by atomic mass is 10.1. The van der Waals surface area contributed by atoms with Crippen LogP contribution in [0.1, 0.15) is 24.5 Å². The van der Waals surface area contributed by atoms with E-state index in [2.05, 4.69) is 15.9 Å². The zero-order valence-corrected chi connectivity index (χ0v) is 15.9. The number of hydrogen-bond donors (Lipinski definition) is 1. The highest BCUT2D eigenvalue weighted by molar-refractivity contribution is 9.10. The fourth-order valence-corrected chi connectivity index (χ4v) is 4.74. The summed E-state index contributed by atoms with van der Waals surface area (Å²) in [6, 6.07) is 13.6. The molecule has 24 heavy (non-hydrogen) atoms. The summed E-state index contributed by atoms with van der Waals surface area (Å²) in [7, 11) is -3.71. The maximum absolute atomic E-state index is 13.0. The molecule has 0 aliphatic heterocycles. The summed E-state index contributed by atoms with van der Waals surface area (Å²) in [6.07, 6.45) is 0.753. The summed E-state index contributed by atoms with van der Waals surface area (Å²) in [5.41, 5.74) is 0.701.